The highest BCUT2D eigenvalue weighted by Crippen LogP contribution is 2.31. The van der Waals surface area contributed by atoms with Crippen LogP contribution in [0.15, 0.2) is 81.8 Å². The molecule has 0 aliphatic heterocycles. The number of benzene rings is 2. The second kappa shape index (κ2) is 8.13. The third-order valence-corrected chi connectivity index (χ3v) is 5.92. The van der Waals surface area contributed by atoms with Gasteiger partial charge in [0.1, 0.15) is 5.58 Å². The summed E-state index contributed by atoms with van der Waals surface area (Å²) in [5.74, 6) is 1.24. The number of furan rings is 1. The highest BCUT2D eigenvalue weighted by molar-refractivity contribution is 7.99. The van der Waals surface area contributed by atoms with Gasteiger partial charge in [-0.05, 0) is 24.3 Å². The zero-order valence-corrected chi connectivity index (χ0v) is 17.2. The predicted octanol–water partition coefficient (Wildman–Crippen LogP) is 4.87. The fourth-order valence-electron chi connectivity index (χ4n) is 3.00. The van der Waals surface area contributed by atoms with Gasteiger partial charge in [0.15, 0.2) is 16.0 Å². The zero-order valence-electron chi connectivity index (χ0n) is 15.6. The van der Waals surface area contributed by atoms with Crippen molar-refractivity contribution in [3.8, 4) is 17.3 Å². The summed E-state index contributed by atoms with van der Waals surface area (Å²) in [5.41, 5.74) is 1.67. The molecule has 2 aromatic carbocycles. The SMILES string of the molecule is O=C(CSc1nnc(-c2cc3ccccc3o2)n1-c1ccccc1)Nc1nccs1. The Morgan fingerprint density at radius 3 is 2.73 bits per heavy atom. The van der Waals surface area contributed by atoms with Crippen LogP contribution >= 0.6 is 23.1 Å². The molecule has 1 N–H and O–H groups in total. The molecular weight excluding hydrogens is 418 g/mol. The van der Waals surface area contributed by atoms with Gasteiger partial charge in [-0.2, -0.15) is 0 Å². The number of nitrogens with one attached hydrogen (secondary N) is 1. The number of para-hydroxylation sites is 2. The molecule has 0 saturated carbocycles. The van der Waals surface area contributed by atoms with E-state index in [1.165, 1.54) is 23.1 Å². The Bertz CT molecular complexity index is 1260. The second-order valence-electron chi connectivity index (χ2n) is 6.30. The third kappa shape index (κ3) is 3.72. The Morgan fingerprint density at radius 1 is 1.10 bits per heavy atom. The molecule has 0 aliphatic rings. The number of amides is 1. The molecule has 5 aromatic rings. The van der Waals surface area contributed by atoms with Crippen LogP contribution in [0.2, 0.25) is 0 Å². The minimum atomic E-state index is -0.150. The topological polar surface area (TPSA) is 85.8 Å². The first-order chi connectivity index (χ1) is 14.8. The average molecular weight is 434 g/mol. The number of aromatic nitrogens is 4. The van der Waals surface area contributed by atoms with Crippen LogP contribution in [0.4, 0.5) is 5.13 Å². The summed E-state index contributed by atoms with van der Waals surface area (Å²) >= 11 is 2.69. The molecule has 3 aromatic heterocycles. The zero-order chi connectivity index (χ0) is 20.3. The molecule has 1 amide bonds. The van der Waals surface area contributed by atoms with Gasteiger partial charge in [-0.3, -0.25) is 9.36 Å². The molecule has 0 bridgehead atoms. The smallest absolute Gasteiger partial charge is 0.236 e. The number of fused-ring (bicyclic) bond motifs is 1. The van der Waals surface area contributed by atoms with Crippen molar-refractivity contribution >= 4 is 45.1 Å². The maximum absolute atomic E-state index is 12.3. The van der Waals surface area contributed by atoms with Gasteiger partial charge in [0.05, 0.1) is 5.75 Å². The number of carbonyl (C=O) groups excluding carboxylic acids is 1. The van der Waals surface area contributed by atoms with E-state index in [4.69, 9.17) is 4.42 Å². The van der Waals surface area contributed by atoms with E-state index in [-0.39, 0.29) is 11.7 Å². The van der Waals surface area contributed by atoms with E-state index in [1.54, 1.807) is 6.20 Å². The minimum Gasteiger partial charge on any atom is -0.453 e. The van der Waals surface area contributed by atoms with E-state index in [2.05, 4.69) is 20.5 Å². The van der Waals surface area contributed by atoms with Gasteiger partial charge in [0.25, 0.3) is 0 Å². The largest absolute Gasteiger partial charge is 0.453 e. The minimum absolute atomic E-state index is 0.150. The highest BCUT2D eigenvalue weighted by atomic mass is 32.2. The van der Waals surface area contributed by atoms with E-state index in [1.807, 2.05) is 70.6 Å². The highest BCUT2D eigenvalue weighted by Gasteiger charge is 2.20. The van der Waals surface area contributed by atoms with Crippen LogP contribution in [-0.2, 0) is 4.79 Å². The number of hydrogen-bond acceptors (Lipinski definition) is 7. The summed E-state index contributed by atoms with van der Waals surface area (Å²) in [6.45, 7) is 0. The second-order valence-corrected chi connectivity index (χ2v) is 8.14. The Balaban J connectivity index is 1.48. The van der Waals surface area contributed by atoms with Crippen LogP contribution < -0.4 is 5.32 Å². The summed E-state index contributed by atoms with van der Waals surface area (Å²) < 4.78 is 7.91. The van der Waals surface area contributed by atoms with Gasteiger partial charge in [-0.15, -0.1) is 21.5 Å². The van der Waals surface area contributed by atoms with Crippen molar-refractivity contribution in [1.29, 1.82) is 0 Å². The average Bonchev–Trinajstić information content (AvgIpc) is 3.51. The maximum Gasteiger partial charge on any atom is 0.236 e. The number of nitrogens with zero attached hydrogens (tertiary/aromatic N) is 4. The van der Waals surface area contributed by atoms with Gasteiger partial charge in [-0.1, -0.05) is 48.2 Å². The molecule has 0 saturated heterocycles. The summed E-state index contributed by atoms with van der Waals surface area (Å²) in [6, 6.07) is 19.5. The van der Waals surface area contributed by atoms with Gasteiger partial charge < -0.3 is 9.73 Å². The Labute approximate surface area is 179 Å². The lowest BCUT2D eigenvalue weighted by Gasteiger charge is -2.08. The number of hydrogen-bond donors (Lipinski definition) is 1. The number of thioether (sulfide) groups is 1. The number of carbonyl (C=O) groups is 1. The quantitative estimate of drug-likeness (QED) is 0.385. The van der Waals surface area contributed by atoms with Gasteiger partial charge in [0.2, 0.25) is 11.7 Å². The number of thiazole rings is 1. The van der Waals surface area contributed by atoms with Crippen LogP contribution in [-0.4, -0.2) is 31.4 Å². The maximum atomic E-state index is 12.3. The van der Waals surface area contributed by atoms with Gasteiger partial charge in [-0.25, -0.2) is 4.98 Å². The molecule has 0 fully saturated rings. The molecule has 3 heterocycles. The fraction of sp³-hybridized carbons (Fsp3) is 0.0476. The predicted molar refractivity (Wildman–Crippen MR) is 118 cm³/mol. The Kier molecular flexibility index (Phi) is 5.04. The lowest BCUT2D eigenvalue weighted by atomic mass is 10.2. The lowest BCUT2D eigenvalue weighted by molar-refractivity contribution is -0.113. The van der Waals surface area contributed by atoms with Crippen LogP contribution in [0, 0.1) is 0 Å². The van der Waals surface area contributed by atoms with Crippen molar-refractivity contribution in [2.45, 2.75) is 5.16 Å². The number of rotatable bonds is 6. The van der Waals surface area contributed by atoms with E-state index in [0.29, 0.717) is 21.9 Å². The molecule has 9 heteroatoms. The molecule has 0 unspecified atom stereocenters. The van der Waals surface area contributed by atoms with Crippen molar-refractivity contribution in [3.63, 3.8) is 0 Å². The molecule has 0 spiro atoms. The summed E-state index contributed by atoms with van der Waals surface area (Å²) in [5, 5.41) is 15.5. The van der Waals surface area contributed by atoms with Gasteiger partial charge in [0, 0.05) is 22.7 Å². The van der Waals surface area contributed by atoms with Crippen LogP contribution in [0.1, 0.15) is 0 Å². The molecular formula is C21H15N5O2S2. The Morgan fingerprint density at radius 2 is 1.93 bits per heavy atom. The third-order valence-electron chi connectivity index (χ3n) is 4.30. The normalized spacial score (nSPS) is 11.1. The van der Waals surface area contributed by atoms with Crippen LogP contribution in [0.5, 0.6) is 0 Å². The molecule has 7 nitrogen and oxygen atoms in total. The van der Waals surface area contributed by atoms with Gasteiger partial charge >= 0.3 is 0 Å². The van der Waals surface area contributed by atoms with Crippen molar-refractivity contribution < 1.29 is 9.21 Å². The Hall–Kier alpha value is -3.43. The monoisotopic (exact) mass is 433 g/mol. The van der Waals surface area contributed by atoms with Crippen LogP contribution in [0.3, 0.4) is 0 Å². The van der Waals surface area contributed by atoms with Crippen molar-refractivity contribution in [1.82, 2.24) is 19.7 Å². The first-order valence-electron chi connectivity index (χ1n) is 9.10. The van der Waals surface area contributed by atoms with E-state index in [0.717, 1.165) is 16.7 Å². The molecule has 0 atom stereocenters. The van der Waals surface area contributed by atoms with E-state index in [9.17, 15) is 4.79 Å². The summed E-state index contributed by atoms with van der Waals surface area (Å²) in [6.07, 6.45) is 1.65. The standard InChI is InChI=1S/C21H15N5O2S2/c27-18(23-20-22-10-11-29-20)13-30-21-25-24-19(26(21)15-7-2-1-3-8-15)17-12-14-6-4-5-9-16(14)28-17/h1-12H,13H2,(H,22,23,27). The van der Waals surface area contributed by atoms with Crippen molar-refractivity contribution in [3.05, 3.63) is 72.2 Å². The summed E-state index contributed by atoms with van der Waals surface area (Å²) in [7, 11) is 0. The summed E-state index contributed by atoms with van der Waals surface area (Å²) in [4.78, 5) is 16.4. The van der Waals surface area contributed by atoms with Crippen LogP contribution in [0.25, 0.3) is 28.2 Å². The molecule has 30 heavy (non-hydrogen) atoms. The number of anilines is 1. The lowest BCUT2D eigenvalue weighted by Crippen LogP contribution is -2.14. The van der Waals surface area contributed by atoms with E-state index < -0.39 is 0 Å². The fourth-order valence-corrected chi connectivity index (χ4v) is 4.29. The van der Waals surface area contributed by atoms with E-state index >= 15 is 0 Å². The van der Waals surface area contributed by atoms with Crippen molar-refractivity contribution in [2.75, 3.05) is 11.1 Å². The molecule has 5 rings (SSSR count). The molecule has 0 radical (unpaired) electrons. The van der Waals surface area contributed by atoms with Crippen molar-refractivity contribution in [2.24, 2.45) is 0 Å². The first-order valence-corrected chi connectivity index (χ1v) is 11.0. The molecule has 0 aliphatic carbocycles. The first kappa shape index (κ1) is 18.6. The molecule has 148 valence electrons.